The van der Waals surface area contributed by atoms with Gasteiger partial charge < -0.3 is 4.74 Å². The van der Waals surface area contributed by atoms with Gasteiger partial charge in [0, 0.05) is 5.56 Å². The summed E-state index contributed by atoms with van der Waals surface area (Å²) in [5.74, 6) is -1.12. The van der Waals surface area contributed by atoms with Gasteiger partial charge in [-0.2, -0.15) is 4.80 Å². The summed E-state index contributed by atoms with van der Waals surface area (Å²) < 4.78 is 18.0. The van der Waals surface area contributed by atoms with Crippen molar-refractivity contribution in [1.82, 2.24) is 20.2 Å². The van der Waals surface area contributed by atoms with Crippen molar-refractivity contribution in [2.24, 2.45) is 0 Å². The standard InChI is InChI=1S/C16H13FN4O3S/c1-10(15(23)11-4-6-12(17)7-5-11)24-14(22)9-21-19-16(18-20-21)13-3-2-8-25-13/h2-8,10H,9H2,1H3/t10-/m1/s1. The van der Waals surface area contributed by atoms with Crippen molar-refractivity contribution < 1.29 is 18.7 Å². The topological polar surface area (TPSA) is 87.0 Å². The Bertz CT molecular complexity index is 877. The molecule has 0 aliphatic rings. The van der Waals surface area contributed by atoms with Crippen molar-refractivity contribution in [2.45, 2.75) is 19.6 Å². The lowest BCUT2D eigenvalue weighted by molar-refractivity contribution is -0.147. The number of rotatable bonds is 6. The van der Waals surface area contributed by atoms with Crippen molar-refractivity contribution in [3.63, 3.8) is 0 Å². The van der Waals surface area contributed by atoms with Crippen LogP contribution in [0.4, 0.5) is 4.39 Å². The summed E-state index contributed by atoms with van der Waals surface area (Å²) in [5.41, 5.74) is 0.264. The number of carbonyl (C=O) groups is 2. The van der Waals surface area contributed by atoms with E-state index in [1.54, 1.807) is 0 Å². The number of hydrogen-bond acceptors (Lipinski definition) is 7. The van der Waals surface area contributed by atoms with Crippen LogP contribution in [0.3, 0.4) is 0 Å². The van der Waals surface area contributed by atoms with Gasteiger partial charge in [-0.05, 0) is 47.8 Å². The quantitative estimate of drug-likeness (QED) is 0.495. The SMILES string of the molecule is C[C@@H](OC(=O)Cn1nnc(-c2cccs2)n1)C(=O)c1ccc(F)cc1. The summed E-state index contributed by atoms with van der Waals surface area (Å²) in [7, 11) is 0. The average Bonchev–Trinajstić information content (AvgIpc) is 3.26. The molecule has 3 rings (SSSR count). The molecule has 0 bridgehead atoms. The van der Waals surface area contributed by atoms with Gasteiger partial charge in [0.25, 0.3) is 0 Å². The molecule has 1 aromatic carbocycles. The minimum Gasteiger partial charge on any atom is -0.453 e. The van der Waals surface area contributed by atoms with E-state index in [2.05, 4.69) is 15.4 Å². The second-order valence-corrected chi connectivity index (χ2v) is 6.07. The van der Waals surface area contributed by atoms with E-state index >= 15 is 0 Å². The maximum atomic E-state index is 12.9. The Morgan fingerprint density at radius 3 is 2.72 bits per heavy atom. The van der Waals surface area contributed by atoms with Gasteiger partial charge in [-0.25, -0.2) is 9.18 Å². The fraction of sp³-hybridized carbons (Fsp3) is 0.188. The number of Topliss-reactive ketones (excluding diaryl/α,β-unsaturated/α-hetero) is 1. The van der Waals surface area contributed by atoms with Gasteiger partial charge in [-0.1, -0.05) is 6.07 Å². The van der Waals surface area contributed by atoms with Gasteiger partial charge >= 0.3 is 5.97 Å². The molecule has 0 aliphatic heterocycles. The van der Waals surface area contributed by atoms with Crippen LogP contribution < -0.4 is 0 Å². The summed E-state index contributed by atoms with van der Waals surface area (Å²) in [4.78, 5) is 26.0. The number of thiophene rings is 1. The minimum absolute atomic E-state index is 0.264. The van der Waals surface area contributed by atoms with Crippen LogP contribution >= 0.6 is 11.3 Å². The van der Waals surface area contributed by atoms with Crippen LogP contribution in [0.15, 0.2) is 41.8 Å². The molecule has 0 radical (unpaired) electrons. The zero-order chi connectivity index (χ0) is 17.8. The number of benzene rings is 1. The predicted octanol–water partition coefficient (Wildman–Crippen LogP) is 2.36. The Hall–Kier alpha value is -2.94. The number of ether oxygens (including phenoxy) is 1. The van der Waals surface area contributed by atoms with E-state index in [9.17, 15) is 14.0 Å². The lowest BCUT2D eigenvalue weighted by Gasteiger charge is -2.11. The fourth-order valence-electron chi connectivity index (χ4n) is 2.07. The van der Waals surface area contributed by atoms with Crippen LogP contribution in [0, 0.1) is 5.82 Å². The second kappa shape index (κ2) is 7.31. The summed E-state index contributed by atoms with van der Waals surface area (Å²) in [6.07, 6.45) is -1.00. The lowest BCUT2D eigenvalue weighted by Crippen LogP contribution is -2.27. The minimum atomic E-state index is -1.00. The number of hydrogen-bond donors (Lipinski definition) is 0. The molecule has 1 atom stereocenters. The molecular formula is C16H13FN4O3S. The molecule has 0 saturated heterocycles. The van der Waals surface area contributed by atoms with Gasteiger partial charge in [-0.15, -0.1) is 21.5 Å². The van der Waals surface area contributed by atoms with Crippen LogP contribution in [0.25, 0.3) is 10.7 Å². The largest absolute Gasteiger partial charge is 0.453 e. The van der Waals surface area contributed by atoms with Crippen molar-refractivity contribution in [2.75, 3.05) is 0 Å². The number of halogens is 1. The first-order valence-electron chi connectivity index (χ1n) is 7.34. The third-order valence-corrected chi connectivity index (χ3v) is 4.14. The number of esters is 1. The average molecular weight is 360 g/mol. The molecule has 9 heteroatoms. The van der Waals surface area contributed by atoms with Gasteiger partial charge in [0.2, 0.25) is 11.6 Å². The number of carbonyl (C=O) groups excluding carboxylic acids is 2. The zero-order valence-electron chi connectivity index (χ0n) is 13.1. The van der Waals surface area contributed by atoms with Crippen LogP contribution in [-0.4, -0.2) is 38.1 Å². The number of tetrazole rings is 1. The molecule has 2 aromatic heterocycles. The first-order chi connectivity index (χ1) is 12.0. The first-order valence-corrected chi connectivity index (χ1v) is 8.22. The third kappa shape index (κ3) is 4.13. The van der Waals surface area contributed by atoms with E-state index in [1.165, 1.54) is 42.5 Å². The van der Waals surface area contributed by atoms with Gasteiger partial charge in [0.15, 0.2) is 12.6 Å². The molecule has 0 spiro atoms. The molecule has 3 aromatic rings. The van der Waals surface area contributed by atoms with Crippen LogP contribution in [0.5, 0.6) is 0 Å². The van der Waals surface area contributed by atoms with Crippen LogP contribution in [0.1, 0.15) is 17.3 Å². The Balaban J connectivity index is 1.58. The molecule has 2 heterocycles. The highest BCUT2D eigenvalue weighted by molar-refractivity contribution is 7.13. The molecule has 0 saturated carbocycles. The van der Waals surface area contributed by atoms with E-state index in [4.69, 9.17) is 4.74 Å². The van der Waals surface area contributed by atoms with Crippen LogP contribution in [-0.2, 0) is 16.1 Å². The van der Waals surface area contributed by atoms with Crippen molar-refractivity contribution in [3.05, 3.63) is 53.2 Å². The van der Waals surface area contributed by atoms with E-state index in [1.807, 2.05) is 17.5 Å². The molecule has 128 valence electrons. The van der Waals surface area contributed by atoms with Gasteiger partial charge in [0.1, 0.15) is 5.82 Å². The fourth-order valence-corrected chi connectivity index (χ4v) is 2.71. The number of ketones is 1. The molecule has 0 aliphatic carbocycles. The first kappa shape index (κ1) is 16.9. The van der Waals surface area contributed by atoms with E-state index in [0.29, 0.717) is 5.82 Å². The van der Waals surface area contributed by atoms with E-state index in [-0.39, 0.29) is 12.1 Å². The van der Waals surface area contributed by atoms with Gasteiger partial charge in [0.05, 0.1) is 4.88 Å². The lowest BCUT2D eigenvalue weighted by atomic mass is 10.1. The van der Waals surface area contributed by atoms with Crippen LogP contribution in [0.2, 0.25) is 0 Å². The number of aromatic nitrogens is 4. The number of nitrogens with zero attached hydrogens (tertiary/aromatic N) is 4. The molecule has 0 unspecified atom stereocenters. The monoisotopic (exact) mass is 360 g/mol. The molecular weight excluding hydrogens is 347 g/mol. The molecule has 0 fully saturated rings. The second-order valence-electron chi connectivity index (χ2n) is 5.12. The summed E-state index contributed by atoms with van der Waals surface area (Å²) in [6, 6.07) is 8.73. The Labute approximate surface area is 146 Å². The predicted molar refractivity (Wildman–Crippen MR) is 87.4 cm³/mol. The highest BCUT2D eigenvalue weighted by atomic mass is 32.1. The Morgan fingerprint density at radius 2 is 2.04 bits per heavy atom. The molecule has 0 N–H and O–H groups in total. The normalized spacial score (nSPS) is 11.9. The summed E-state index contributed by atoms with van der Waals surface area (Å²) in [6.45, 7) is 1.19. The van der Waals surface area contributed by atoms with Gasteiger partial charge in [-0.3, -0.25) is 4.79 Å². The Morgan fingerprint density at radius 1 is 1.28 bits per heavy atom. The maximum Gasteiger partial charge on any atom is 0.330 e. The zero-order valence-corrected chi connectivity index (χ0v) is 13.9. The summed E-state index contributed by atoms with van der Waals surface area (Å²) >= 11 is 1.46. The van der Waals surface area contributed by atoms with E-state index < -0.39 is 23.7 Å². The van der Waals surface area contributed by atoms with Crippen molar-refractivity contribution in [1.29, 1.82) is 0 Å². The van der Waals surface area contributed by atoms with E-state index in [0.717, 1.165) is 9.67 Å². The van der Waals surface area contributed by atoms with Crippen molar-refractivity contribution in [3.8, 4) is 10.7 Å². The summed E-state index contributed by atoms with van der Waals surface area (Å²) in [5, 5.41) is 13.6. The smallest absolute Gasteiger partial charge is 0.330 e. The maximum absolute atomic E-state index is 12.9. The molecule has 0 amide bonds. The highest BCUT2D eigenvalue weighted by Gasteiger charge is 2.20. The molecule has 7 nitrogen and oxygen atoms in total. The van der Waals surface area contributed by atoms with Crippen molar-refractivity contribution >= 4 is 23.1 Å². The highest BCUT2D eigenvalue weighted by Crippen LogP contribution is 2.19. The molecule has 25 heavy (non-hydrogen) atoms. The third-order valence-electron chi connectivity index (χ3n) is 3.27. The Kier molecular flexibility index (Phi) is 4.94.